The summed E-state index contributed by atoms with van der Waals surface area (Å²) in [5, 5.41) is 3.03. The fourth-order valence-corrected chi connectivity index (χ4v) is 5.38. The fourth-order valence-electron chi connectivity index (χ4n) is 4.16. The van der Waals surface area contributed by atoms with Crippen molar-refractivity contribution in [2.75, 3.05) is 13.3 Å². The Hall–Kier alpha value is -2.32. The molecule has 2 aliphatic rings. The zero-order valence-electron chi connectivity index (χ0n) is 16.3. The molecule has 4 atom stereocenters. The average molecular weight is 434 g/mol. The minimum atomic E-state index is -1.17. The second-order valence-electron chi connectivity index (χ2n) is 7.54. The van der Waals surface area contributed by atoms with Crippen LogP contribution >= 0.6 is 11.8 Å². The number of carbonyl (C=O) groups is 1. The maximum Gasteiger partial charge on any atom is 0.257 e. The van der Waals surface area contributed by atoms with Crippen LogP contribution in [0.4, 0.5) is 13.2 Å². The van der Waals surface area contributed by atoms with Crippen LogP contribution < -0.4 is 5.32 Å². The molecule has 0 spiro atoms. The molecule has 2 heterocycles. The molecule has 158 valence electrons. The fraction of sp³-hybridized carbons (Fsp3) is 0.364. The Balaban J connectivity index is 1.75. The van der Waals surface area contributed by atoms with Crippen molar-refractivity contribution < 1.29 is 22.7 Å². The lowest BCUT2D eigenvalue weighted by Gasteiger charge is -2.48. The second kappa shape index (κ2) is 8.43. The van der Waals surface area contributed by atoms with Gasteiger partial charge in [0.1, 0.15) is 23.8 Å². The van der Waals surface area contributed by atoms with Crippen LogP contribution in [-0.2, 0) is 10.3 Å². The maximum atomic E-state index is 14.8. The number of amides is 1. The van der Waals surface area contributed by atoms with E-state index in [9.17, 15) is 18.0 Å². The van der Waals surface area contributed by atoms with Gasteiger partial charge in [-0.3, -0.25) is 4.79 Å². The highest BCUT2D eigenvalue weighted by Gasteiger charge is 2.52. The standard InChI is InChI=1S/C22H21F3N2O2S/c1-13-18-10-16(11-23)29-12-22(18,17-8-7-15(24)9-19(17)25)27-21(30-13)26-20(28)14-5-3-2-4-6-14/h2-9,13,16,18H,10-12H2,1H3,(H,26,27,28). The summed E-state index contributed by atoms with van der Waals surface area (Å²) in [7, 11) is 0. The van der Waals surface area contributed by atoms with E-state index in [0.717, 1.165) is 6.07 Å². The molecule has 0 aromatic heterocycles. The molecule has 1 N–H and O–H groups in total. The Labute approximate surface area is 176 Å². The third-order valence-corrected chi connectivity index (χ3v) is 6.78. The SMILES string of the molecule is CC1SC(NC(=O)c2ccccc2)=NC2(c3ccc(F)cc3F)COC(CF)CC12. The Morgan fingerprint density at radius 3 is 2.73 bits per heavy atom. The largest absolute Gasteiger partial charge is 0.373 e. The van der Waals surface area contributed by atoms with E-state index in [2.05, 4.69) is 5.32 Å². The number of rotatable bonds is 3. The predicted molar refractivity (Wildman–Crippen MR) is 110 cm³/mol. The summed E-state index contributed by atoms with van der Waals surface area (Å²) in [4.78, 5) is 17.3. The van der Waals surface area contributed by atoms with E-state index < -0.39 is 30.0 Å². The van der Waals surface area contributed by atoms with E-state index in [1.54, 1.807) is 24.3 Å². The Morgan fingerprint density at radius 1 is 1.27 bits per heavy atom. The van der Waals surface area contributed by atoms with Crippen molar-refractivity contribution in [2.24, 2.45) is 10.9 Å². The van der Waals surface area contributed by atoms with Crippen molar-refractivity contribution in [1.29, 1.82) is 0 Å². The van der Waals surface area contributed by atoms with Crippen molar-refractivity contribution in [3.63, 3.8) is 0 Å². The van der Waals surface area contributed by atoms with Crippen molar-refractivity contribution in [2.45, 2.75) is 30.2 Å². The van der Waals surface area contributed by atoms with Crippen molar-refractivity contribution in [3.05, 3.63) is 71.3 Å². The number of amidine groups is 1. The first-order valence-electron chi connectivity index (χ1n) is 9.69. The summed E-state index contributed by atoms with van der Waals surface area (Å²) in [5.74, 6) is -2.00. The molecule has 4 nitrogen and oxygen atoms in total. The van der Waals surface area contributed by atoms with Crippen molar-refractivity contribution >= 4 is 22.8 Å². The number of fused-ring (bicyclic) bond motifs is 1. The number of nitrogens with one attached hydrogen (secondary N) is 1. The Bertz CT molecular complexity index is 972. The summed E-state index contributed by atoms with van der Waals surface area (Å²) >= 11 is 1.35. The first-order chi connectivity index (χ1) is 14.4. The number of ether oxygens (including phenoxy) is 1. The van der Waals surface area contributed by atoms with Gasteiger partial charge in [-0.15, -0.1) is 0 Å². The molecule has 2 aromatic carbocycles. The summed E-state index contributed by atoms with van der Waals surface area (Å²) in [6.07, 6.45) is -0.240. The number of nitrogens with zero attached hydrogens (tertiary/aromatic N) is 1. The summed E-state index contributed by atoms with van der Waals surface area (Å²) in [5.41, 5.74) is -0.521. The third kappa shape index (κ3) is 3.86. The van der Waals surface area contributed by atoms with Crippen LogP contribution in [0.1, 0.15) is 29.3 Å². The van der Waals surface area contributed by atoms with Gasteiger partial charge in [0.2, 0.25) is 0 Å². The normalized spacial score (nSPS) is 28.4. The first kappa shape index (κ1) is 20.9. The lowest BCUT2D eigenvalue weighted by molar-refractivity contribution is -0.0705. The number of carbonyl (C=O) groups excluding carboxylic acids is 1. The van der Waals surface area contributed by atoms with E-state index >= 15 is 0 Å². The predicted octanol–water partition coefficient (Wildman–Crippen LogP) is 4.46. The van der Waals surface area contributed by atoms with Gasteiger partial charge in [-0.2, -0.15) is 0 Å². The number of benzene rings is 2. The van der Waals surface area contributed by atoms with Crippen LogP contribution in [0.25, 0.3) is 0 Å². The molecule has 1 amide bonds. The maximum absolute atomic E-state index is 14.8. The quantitative estimate of drug-likeness (QED) is 0.776. The van der Waals surface area contributed by atoms with Gasteiger partial charge in [-0.05, 0) is 24.6 Å². The van der Waals surface area contributed by atoms with Crippen LogP contribution in [0.5, 0.6) is 0 Å². The topological polar surface area (TPSA) is 50.7 Å². The highest BCUT2D eigenvalue weighted by molar-refractivity contribution is 8.14. The van der Waals surface area contributed by atoms with Crippen LogP contribution in [0.15, 0.2) is 53.5 Å². The van der Waals surface area contributed by atoms with Crippen LogP contribution in [0.3, 0.4) is 0 Å². The van der Waals surface area contributed by atoms with Crippen molar-refractivity contribution in [1.82, 2.24) is 5.32 Å². The minimum absolute atomic E-state index is 0.0512. The molecule has 0 bridgehead atoms. The van der Waals surface area contributed by atoms with Crippen LogP contribution in [0.2, 0.25) is 0 Å². The van der Waals surface area contributed by atoms with Gasteiger partial charge < -0.3 is 10.1 Å². The highest BCUT2D eigenvalue weighted by atomic mass is 32.2. The number of alkyl halides is 1. The Morgan fingerprint density at radius 2 is 2.03 bits per heavy atom. The summed E-state index contributed by atoms with van der Waals surface area (Å²) in [6.45, 7) is 1.25. The van der Waals surface area contributed by atoms with Gasteiger partial charge in [0, 0.05) is 28.4 Å². The van der Waals surface area contributed by atoms with E-state index in [1.807, 2.05) is 13.0 Å². The molecule has 1 saturated heterocycles. The first-order valence-corrected chi connectivity index (χ1v) is 10.6. The number of hydrogen-bond donors (Lipinski definition) is 1. The minimum Gasteiger partial charge on any atom is -0.373 e. The molecule has 8 heteroatoms. The molecule has 2 aliphatic heterocycles. The van der Waals surface area contributed by atoms with E-state index in [4.69, 9.17) is 9.73 Å². The average Bonchev–Trinajstić information content (AvgIpc) is 2.74. The summed E-state index contributed by atoms with van der Waals surface area (Å²) < 4.78 is 47.4. The van der Waals surface area contributed by atoms with Crippen LogP contribution in [-0.4, -0.2) is 35.7 Å². The summed E-state index contributed by atoms with van der Waals surface area (Å²) in [6, 6.07) is 12.0. The van der Waals surface area contributed by atoms with Gasteiger partial charge in [-0.25, -0.2) is 18.2 Å². The molecule has 2 aromatic rings. The van der Waals surface area contributed by atoms with Crippen LogP contribution in [0, 0.1) is 17.6 Å². The van der Waals surface area contributed by atoms with Gasteiger partial charge in [0.05, 0.1) is 12.7 Å². The molecule has 4 unspecified atom stereocenters. The molecule has 0 aliphatic carbocycles. The third-order valence-electron chi connectivity index (χ3n) is 5.66. The second-order valence-corrected chi connectivity index (χ2v) is 8.90. The molecule has 0 radical (unpaired) electrons. The van der Waals surface area contributed by atoms with Gasteiger partial charge in [0.25, 0.3) is 5.91 Å². The molecule has 0 saturated carbocycles. The van der Waals surface area contributed by atoms with Crippen molar-refractivity contribution in [3.8, 4) is 0 Å². The lowest BCUT2D eigenvalue weighted by atomic mass is 9.72. The molecular weight excluding hydrogens is 413 g/mol. The lowest BCUT2D eigenvalue weighted by Crippen LogP contribution is -2.54. The zero-order chi connectivity index (χ0) is 21.3. The highest BCUT2D eigenvalue weighted by Crippen LogP contribution is 2.50. The van der Waals surface area contributed by atoms with Gasteiger partial charge in [-0.1, -0.05) is 43.0 Å². The number of aliphatic imine (C=N–C) groups is 1. The molecular formula is C22H21F3N2O2S. The Kier molecular flexibility index (Phi) is 5.88. The number of halogens is 3. The smallest absolute Gasteiger partial charge is 0.257 e. The number of hydrogen-bond acceptors (Lipinski definition) is 4. The number of thioether (sulfide) groups is 1. The van der Waals surface area contributed by atoms with Gasteiger partial charge in [0.15, 0.2) is 5.17 Å². The van der Waals surface area contributed by atoms with E-state index in [-0.39, 0.29) is 29.2 Å². The zero-order valence-corrected chi connectivity index (χ0v) is 17.1. The van der Waals surface area contributed by atoms with E-state index in [0.29, 0.717) is 17.2 Å². The van der Waals surface area contributed by atoms with Gasteiger partial charge >= 0.3 is 0 Å². The van der Waals surface area contributed by atoms with E-state index in [1.165, 1.54) is 23.9 Å². The molecule has 1 fully saturated rings. The monoisotopic (exact) mass is 434 g/mol. The molecule has 30 heavy (non-hydrogen) atoms. The molecule has 4 rings (SSSR count).